The molecule has 1 aliphatic rings. The van der Waals surface area contributed by atoms with Crippen molar-refractivity contribution in [3.8, 4) is 5.75 Å². The van der Waals surface area contributed by atoms with E-state index < -0.39 is 0 Å². The average molecular weight is 343 g/mol. The minimum absolute atomic E-state index is 0.0786. The van der Waals surface area contributed by atoms with Crippen molar-refractivity contribution in [1.82, 2.24) is 4.90 Å². The minimum atomic E-state index is 0.0786. The van der Waals surface area contributed by atoms with E-state index in [9.17, 15) is 4.79 Å². The molecule has 1 heterocycles. The second kappa shape index (κ2) is 6.95. The number of methoxy groups -OCH3 is 1. The Hall–Kier alpha value is -1.27. The summed E-state index contributed by atoms with van der Waals surface area (Å²) in [5.74, 6) is 0.831. The number of benzene rings is 1. The van der Waals surface area contributed by atoms with Crippen molar-refractivity contribution in [1.29, 1.82) is 0 Å². The smallest absolute Gasteiger partial charge is 0.242 e. The molecule has 2 rings (SSSR count). The van der Waals surface area contributed by atoms with Gasteiger partial charge in [-0.15, -0.1) is 0 Å². The number of rotatable bonds is 4. The van der Waals surface area contributed by atoms with Crippen LogP contribution in [0.4, 0.5) is 5.69 Å². The van der Waals surface area contributed by atoms with E-state index in [-0.39, 0.29) is 18.6 Å². The summed E-state index contributed by atoms with van der Waals surface area (Å²) >= 11 is 3.45. The van der Waals surface area contributed by atoms with E-state index in [1.807, 2.05) is 30.0 Å². The second-order valence-corrected chi connectivity index (χ2v) is 5.57. The standard InChI is InChI=1S/C14H19BrN2O3/c1-10-9-17(5-6-20-10)14(18)8-16-13-7-11(19-2)3-4-12(13)15/h3-4,7,10,16H,5-6,8-9H2,1-2H3. The Bertz CT molecular complexity index is 481. The summed E-state index contributed by atoms with van der Waals surface area (Å²) in [7, 11) is 1.62. The van der Waals surface area contributed by atoms with Gasteiger partial charge in [0, 0.05) is 23.6 Å². The van der Waals surface area contributed by atoms with E-state index in [1.165, 1.54) is 0 Å². The van der Waals surface area contributed by atoms with Crippen molar-refractivity contribution in [3.63, 3.8) is 0 Å². The number of carbonyl (C=O) groups is 1. The lowest BCUT2D eigenvalue weighted by atomic mass is 10.2. The summed E-state index contributed by atoms with van der Waals surface area (Å²) in [6, 6.07) is 5.61. The zero-order valence-electron chi connectivity index (χ0n) is 11.7. The molecular formula is C14H19BrN2O3. The number of amides is 1. The first-order valence-electron chi connectivity index (χ1n) is 6.57. The SMILES string of the molecule is COc1ccc(Br)c(NCC(=O)N2CCOC(C)C2)c1. The minimum Gasteiger partial charge on any atom is -0.497 e. The van der Waals surface area contributed by atoms with Crippen LogP contribution in [-0.2, 0) is 9.53 Å². The number of hydrogen-bond acceptors (Lipinski definition) is 4. The van der Waals surface area contributed by atoms with Gasteiger partial charge in [0.15, 0.2) is 0 Å². The third kappa shape index (κ3) is 3.86. The highest BCUT2D eigenvalue weighted by atomic mass is 79.9. The average Bonchev–Trinajstić information content (AvgIpc) is 2.46. The zero-order valence-corrected chi connectivity index (χ0v) is 13.3. The van der Waals surface area contributed by atoms with Crippen molar-refractivity contribution in [2.75, 3.05) is 38.7 Å². The monoisotopic (exact) mass is 342 g/mol. The number of halogens is 1. The fourth-order valence-corrected chi connectivity index (χ4v) is 2.48. The van der Waals surface area contributed by atoms with E-state index in [2.05, 4.69) is 21.2 Å². The van der Waals surface area contributed by atoms with Gasteiger partial charge in [-0.2, -0.15) is 0 Å². The molecule has 5 nitrogen and oxygen atoms in total. The molecule has 1 aromatic rings. The molecule has 6 heteroatoms. The van der Waals surface area contributed by atoms with Crippen molar-refractivity contribution in [2.24, 2.45) is 0 Å². The fourth-order valence-electron chi connectivity index (χ4n) is 2.09. The Kier molecular flexibility index (Phi) is 5.25. The molecule has 1 unspecified atom stereocenters. The van der Waals surface area contributed by atoms with E-state index in [4.69, 9.17) is 9.47 Å². The molecular weight excluding hydrogens is 324 g/mol. The highest BCUT2D eigenvalue weighted by Gasteiger charge is 2.21. The lowest BCUT2D eigenvalue weighted by molar-refractivity contribution is -0.136. The maximum atomic E-state index is 12.1. The van der Waals surface area contributed by atoms with E-state index in [1.54, 1.807) is 7.11 Å². The normalized spacial score (nSPS) is 18.8. The van der Waals surface area contributed by atoms with E-state index >= 15 is 0 Å². The predicted molar refractivity (Wildman–Crippen MR) is 81.2 cm³/mol. The van der Waals surface area contributed by atoms with E-state index in [0.29, 0.717) is 19.7 Å². The molecule has 1 aliphatic heterocycles. The second-order valence-electron chi connectivity index (χ2n) is 4.72. The molecule has 1 aromatic carbocycles. The van der Waals surface area contributed by atoms with Crippen LogP contribution in [0.1, 0.15) is 6.92 Å². The summed E-state index contributed by atoms with van der Waals surface area (Å²) in [6.45, 7) is 4.16. The van der Waals surface area contributed by atoms with Crippen LogP contribution in [-0.4, -0.2) is 50.3 Å². The first kappa shape index (κ1) is 15.1. The number of ether oxygens (including phenoxy) is 2. The van der Waals surface area contributed by atoms with Crippen LogP contribution in [0.2, 0.25) is 0 Å². The number of anilines is 1. The molecule has 1 fully saturated rings. The lowest BCUT2D eigenvalue weighted by Gasteiger charge is -2.31. The van der Waals surface area contributed by atoms with Gasteiger partial charge in [0.1, 0.15) is 5.75 Å². The Morgan fingerprint density at radius 1 is 1.60 bits per heavy atom. The van der Waals surface area contributed by atoms with Crippen molar-refractivity contribution in [3.05, 3.63) is 22.7 Å². The van der Waals surface area contributed by atoms with Crippen LogP contribution in [0.5, 0.6) is 5.75 Å². The third-order valence-electron chi connectivity index (χ3n) is 3.20. The molecule has 1 amide bonds. The molecule has 1 atom stereocenters. The topological polar surface area (TPSA) is 50.8 Å². The van der Waals surface area contributed by atoms with Crippen LogP contribution in [0.3, 0.4) is 0 Å². The summed E-state index contributed by atoms with van der Waals surface area (Å²) in [5.41, 5.74) is 0.846. The lowest BCUT2D eigenvalue weighted by Crippen LogP contribution is -2.46. The number of carbonyl (C=O) groups excluding carboxylic acids is 1. The van der Waals surface area contributed by atoms with Crippen LogP contribution < -0.4 is 10.1 Å². The molecule has 0 saturated carbocycles. The molecule has 1 saturated heterocycles. The quantitative estimate of drug-likeness (QED) is 0.910. The van der Waals surface area contributed by atoms with Crippen molar-refractivity contribution < 1.29 is 14.3 Å². The van der Waals surface area contributed by atoms with Crippen molar-refractivity contribution >= 4 is 27.5 Å². The Morgan fingerprint density at radius 2 is 2.40 bits per heavy atom. The molecule has 0 radical (unpaired) electrons. The summed E-state index contributed by atoms with van der Waals surface area (Å²) in [4.78, 5) is 14.0. The molecule has 0 spiro atoms. The molecule has 0 aromatic heterocycles. The number of morpholine rings is 1. The fraction of sp³-hybridized carbons (Fsp3) is 0.500. The Labute approximate surface area is 127 Å². The van der Waals surface area contributed by atoms with Crippen LogP contribution in [0.15, 0.2) is 22.7 Å². The van der Waals surface area contributed by atoms with Crippen LogP contribution in [0, 0.1) is 0 Å². The van der Waals surface area contributed by atoms with E-state index in [0.717, 1.165) is 15.9 Å². The molecule has 1 N–H and O–H groups in total. The van der Waals surface area contributed by atoms with Crippen molar-refractivity contribution in [2.45, 2.75) is 13.0 Å². The molecule has 0 bridgehead atoms. The molecule has 0 aliphatic carbocycles. The first-order chi connectivity index (χ1) is 9.60. The predicted octanol–water partition coefficient (Wildman–Crippen LogP) is 2.12. The van der Waals surface area contributed by atoms with Gasteiger partial charge in [0.2, 0.25) is 5.91 Å². The van der Waals surface area contributed by atoms with Gasteiger partial charge < -0.3 is 19.7 Å². The van der Waals surface area contributed by atoms with Gasteiger partial charge >= 0.3 is 0 Å². The summed E-state index contributed by atoms with van der Waals surface area (Å²) in [5, 5.41) is 3.14. The van der Waals surface area contributed by atoms with Gasteiger partial charge in [0.05, 0.1) is 32.1 Å². The zero-order chi connectivity index (χ0) is 14.5. The molecule has 20 heavy (non-hydrogen) atoms. The first-order valence-corrected chi connectivity index (χ1v) is 7.36. The highest BCUT2D eigenvalue weighted by molar-refractivity contribution is 9.10. The third-order valence-corrected chi connectivity index (χ3v) is 3.89. The van der Waals surface area contributed by atoms with Crippen LogP contribution >= 0.6 is 15.9 Å². The number of nitrogens with one attached hydrogen (secondary N) is 1. The largest absolute Gasteiger partial charge is 0.497 e. The van der Waals surface area contributed by atoms with Gasteiger partial charge in [-0.25, -0.2) is 0 Å². The maximum absolute atomic E-state index is 12.1. The summed E-state index contributed by atoms with van der Waals surface area (Å²) < 4.78 is 11.5. The Morgan fingerprint density at radius 3 is 3.10 bits per heavy atom. The highest BCUT2D eigenvalue weighted by Crippen LogP contribution is 2.26. The number of nitrogens with zero attached hydrogens (tertiary/aromatic N) is 1. The number of hydrogen-bond donors (Lipinski definition) is 1. The van der Waals surface area contributed by atoms with Gasteiger partial charge in [0.25, 0.3) is 0 Å². The maximum Gasteiger partial charge on any atom is 0.242 e. The summed E-state index contributed by atoms with van der Waals surface area (Å²) in [6.07, 6.45) is 0.108. The van der Waals surface area contributed by atoms with Gasteiger partial charge in [-0.1, -0.05) is 0 Å². The van der Waals surface area contributed by atoms with Gasteiger partial charge in [-0.3, -0.25) is 4.79 Å². The Balaban J connectivity index is 1.92. The van der Waals surface area contributed by atoms with Gasteiger partial charge in [-0.05, 0) is 35.0 Å². The van der Waals surface area contributed by atoms with Crippen LogP contribution in [0.25, 0.3) is 0 Å². The molecule has 110 valence electrons.